The molecule has 0 aliphatic rings. The van der Waals surface area contributed by atoms with E-state index in [4.69, 9.17) is 42.4 Å². The van der Waals surface area contributed by atoms with Gasteiger partial charge in [-0.05, 0) is 138 Å². The third-order valence-corrected chi connectivity index (χ3v) is 18.6. The fourth-order valence-electron chi connectivity index (χ4n) is 13.8. The summed E-state index contributed by atoms with van der Waals surface area (Å²) in [6.07, 6.45) is 0. The van der Waals surface area contributed by atoms with E-state index in [1.54, 1.807) is 0 Å². The predicted octanol–water partition coefficient (Wildman–Crippen LogP) is 25.0. The van der Waals surface area contributed by atoms with Crippen LogP contribution in [0.2, 0.25) is 0 Å². The molecule has 0 saturated carbocycles. The van der Waals surface area contributed by atoms with Crippen LogP contribution < -0.4 is 0 Å². The van der Waals surface area contributed by atoms with E-state index in [2.05, 4.69) is 208 Å². The summed E-state index contributed by atoms with van der Waals surface area (Å²) in [5.41, 5.74) is 6.67. The molecule has 0 bridgehead atoms. The van der Waals surface area contributed by atoms with Crippen LogP contribution in [0.5, 0.6) is 0 Å². The van der Waals surface area contributed by atoms with Gasteiger partial charge in [0, 0.05) is 65.7 Å². The zero-order chi connectivity index (χ0) is 94.4. The van der Waals surface area contributed by atoms with Gasteiger partial charge < -0.3 is 9.13 Å². The van der Waals surface area contributed by atoms with Crippen molar-refractivity contribution in [1.82, 2.24) is 39.0 Å². The van der Waals surface area contributed by atoms with E-state index in [0.717, 1.165) is 54.1 Å². The number of rotatable bonds is 10. The maximum Gasteiger partial charge on any atom is 0.164 e. The van der Waals surface area contributed by atoms with E-state index in [9.17, 15) is 11.0 Å². The highest BCUT2D eigenvalue weighted by molar-refractivity contribution is 6.17. The Balaban J connectivity index is 0.000000173. The first kappa shape index (κ1) is 39.2. The second-order valence-corrected chi connectivity index (χ2v) is 24.7. The number of hydrogen-bond donors (Lipinski definition) is 0. The minimum Gasteiger partial charge on any atom is -0.309 e. The largest absolute Gasteiger partial charge is 0.309 e. The maximum absolute atomic E-state index is 9.77. The zero-order valence-electron chi connectivity index (χ0n) is 83.2. The van der Waals surface area contributed by atoms with Gasteiger partial charge in [-0.3, -0.25) is 0 Å². The number of para-hydroxylation sites is 3. The molecule has 17 aromatic carbocycles. The molecule has 0 spiro atoms. The molecule has 494 valence electrons. The number of fused-ring (bicyclic) bond motifs is 11. The highest BCUT2D eigenvalue weighted by Gasteiger charge is 2.23. The molecule has 4 aromatic heterocycles. The van der Waals surface area contributed by atoms with Gasteiger partial charge in [-0.2, -0.15) is 0 Å². The van der Waals surface area contributed by atoms with Crippen molar-refractivity contribution in [3.8, 4) is 102 Å². The quantitative estimate of drug-likeness (QED) is 0.136. The first-order valence-electron chi connectivity index (χ1n) is 47.5. The Hall–Kier alpha value is -14.3. The smallest absolute Gasteiger partial charge is 0.164 e. The Bertz CT molecular complexity index is 8600. The first-order valence-corrected chi connectivity index (χ1v) is 33.5. The van der Waals surface area contributed by atoms with Crippen molar-refractivity contribution in [1.29, 1.82) is 0 Å². The number of benzene rings is 17. The lowest BCUT2D eigenvalue weighted by atomic mass is 9.96. The second-order valence-electron chi connectivity index (χ2n) is 24.7. The molecule has 8 nitrogen and oxygen atoms in total. The molecule has 0 saturated heterocycles. The van der Waals surface area contributed by atoms with E-state index in [1.807, 2.05) is 18.2 Å². The molecule has 0 N–H and O–H groups in total. The predicted molar refractivity (Wildman–Crippen MR) is 439 cm³/mol. The molecule has 4 heterocycles. The molecule has 0 radical (unpaired) electrons. The van der Waals surface area contributed by atoms with Crippen LogP contribution in [0.1, 0.15) is 38.4 Å². The highest BCUT2D eigenvalue weighted by Crippen LogP contribution is 2.44. The minimum atomic E-state index is -1.09. The fourth-order valence-corrected chi connectivity index (χ4v) is 13.8. The van der Waals surface area contributed by atoms with E-state index < -0.39 is 263 Å². The Morgan fingerprint density at radius 1 is 0.208 bits per heavy atom. The van der Waals surface area contributed by atoms with Crippen molar-refractivity contribution in [2.45, 2.75) is 0 Å². The van der Waals surface area contributed by atoms with Crippen LogP contribution >= 0.6 is 0 Å². The first-order chi connectivity index (χ1) is 64.2. The molecule has 0 atom stereocenters. The molecule has 21 aromatic rings. The van der Waals surface area contributed by atoms with Crippen molar-refractivity contribution in [2.24, 2.45) is 0 Å². The third kappa shape index (κ3) is 10.9. The summed E-state index contributed by atoms with van der Waals surface area (Å²) < 4.78 is 252. The lowest BCUT2D eigenvalue weighted by molar-refractivity contribution is 1.08. The van der Waals surface area contributed by atoms with E-state index >= 15 is 0 Å². The van der Waals surface area contributed by atoms with Gasteiger partial charge in [0.25, 0.3) is 0 Å². The van der Waals surface area contributed by atoms with E-state index in [0.29, 0.717) is 17.5 Å². The summed E-state index contributed by atoms with van der Waals surface area (Å²) in [4.78, 5) is 28.6. The lowest BCUT2D eigenvalue weighted by Gasteiger charge is -2.15. The molecular formula is C98H62N8. The Morgan fingerprint density at radius 2 is 0.698 bits per heavy atom. The molecule has 0 amide bonds. The minimum absolute atomic E-state index is 0.494. The van der Waals surface area contributed by atoms with Crippen LogP contribution in [-0.4, -0.2) is 39.0 Å². The SMILES string of the molecule is [2H]c1c([2H])c([2H])c2c([2H])c(-c3nc(-c4c([2H])c([2H])c5c([2H])c([2H])c([2H])c([2H])c5c4[2H])nc(-c4c([2H])c([2H])c(-n5c6c([2H])c([2H])c([2H])c([2H])c6c6c([2H])c([2H])c([2H])c([2H])c65)c5c([2H])c([2H])c([2H])c([2H])c45)n3)c([2H])c([2H])c2c1[2H].c1ccc(-c2cccc(-c3cccc4c3c3ccccc3n4-c3ccc(-c4nc(-c5ccccc5)nc(-c5ccc6ccccc6c5)n4)c4ccccc34)c2)cc1. The zero-order valence-corrected chi connectivity index (χ0v) is 55.2. The van der Waals surface area contributed by atoms with Gasteiger partial charge in [0.2, 0.25) is 0 Å². The van der Waals surface area contributed by atoms with Gasteiger partial charge in [-0.1, -0.05) is 303 Å². The van der Waals surface area contributed by atoms with Gasteiger partial charge >= 0.3 is 0 Å². The number of hydrogen-bond acceptors (Lipinski definition) is 6. The van der Waals surface area contributed by atoms with Crippen molar-refractivity contribution in [3.63, 3.8) is 0 Å². The Labute approximate surface area is 650 Å². The summed E-state index contributed by atoms with van der Waals surface area (Å²) in [5, 5.41) is 2.09. The van der Waals surface area contributed by atoms with Gasteiger partial charge in [0.15, 0.2) is 34.9 Å². The van der Waals surface area contributed by atoms with Crippen LogP contribution in [-0.2, 0) is 0 Å². The summed E-state index contributed by atoms with van der Waals surface area (Å²) in [6, 6.07) is 47.8. The van der Waals surface area contributed by atoms with E-state index in [-0.39, 0.29) is 0 Å². The Morgan fingerprint density at radius 3 is 1.39 bits per heavy atom. The average molecular weight is 1380 g/mol. The van der Waals surface area contributed by atoms with Crippen LogP contribution in [0.4, 0.5) is 0 Å². The molecular weight excluding hydrogens is 1290 g/mol. The lowest BCUT2D eigenvalue weighted by Crippen LogP contribution is -2.02. The second kappa shape index (κ2) is 25.9. The fraction of sp³-hybridized carbons (Fsp3) is 0. The number of nitrogens with zero attached hydrogens (tertiary/aromatic N) is 8. The summed E-state index contributed by atoms with van der Waals surface area (Å²) in [7, 11) is 0. The topological polar surface area (TPSA) is 87.2 Å². The van der Waals surface area contributed by atoms with Crippen molar-refractivity contribution in [3.05, 3.63) is 375 Å². The van der Waals surface area contributed by atoms with Gasteiger partial charge in [0.05, 0.1) is 71.8 Å². The van der Waals surface area contributed by atoms with Crippen molar-refractivity contribution >= 4 is 97.5 Å². The summed E-state index contributed by atoms with van der Waals surface area (Å²) >= 11 is 0. The van der Waals surface area contributed by atoms with Gasteiger partial charge in [0.1, 0.15) is 0 Å². The van der Waals surface area contributed by atoms with Gasteiger partial charge in [-0.15, -0.1) is 0 Å². The molecule has 0 aliphatic carbocycles. The van der Waals surface area contributed by atoms with E-state index in [1.165, 1.54) is 38.4 Å². The molecule has 21 rings (SSSR count). The van der Waals surface area contributed by atoms with Crippen molar-refractivity contribution in [2.75, 3.05) is 0 Å². The van der Waals surface area contributed by atoms with Crippen LogP contribution in [0, 0.1) is 0 Å². The highest BCUT2D eigenvalue weighted by atomic mass is 15.1. The average Bonchev–Trinajstić information content (AvgIpc) is 1.61. The number of aromatic nitrogens is 8. The monoisotopic (exact) mass is 1380 g/mol. The molecule has 8 heteroatoms. The molecule has 0 unspecified atom stereocenters. The third-order valence-electron chi connectivity index (χ3n) is 18.6. The van der Waals surface area contributed by atoms with Crippen LogP contribution in [0.3, 0.4) is 0 Å². The van der Waals surface area contributed by atoms with Gasteiger partial charge in [-0.25, -0.2) is 29.9 Å². The molecule has 0 fully saturated rings. The van der Waals surface area contributed by atoms with Crippen molar-refractivity contribution < 1.29 is 38.4 Å². The standard InChI is InChI=1S/C53H34N4.C45H28N4/c1-3-15-35(16-4-1)39-21-13-22-40(33-39)42-26-14-28-49-50(42)46-25-11-12-27-47(46)57(49)48-32-31-45(43-23-9-10-24-44(43)48)53-55-51(37-18-5-2-6-19-37)54-52(56-53)41-30-29-36-17-7-8-20-38(36)34-41;1-3-13-31-27-33(23-21-29(31)11-1)43-46-44(34-24-22-30-12-2-4-14-32(30)28-34)48-45(47-43)39-25-26-42(36-16-6-5-15-35(36)39)49-40-19-9-7-17-37(40)38-18-8-10-20-41(38)49/h1-34H;1-28H/i;1D,2D,3D,4D,5D,6D,7D,8D,9D,10D,11D,12D,13D,14D,15D,16D,17D,18D,19D,20D,21D,22D,23D,24D,25D,26D,27D,28D. The summed E-state index contributed by atoms with van der Waals surface area (Å²) in [6.45, 7) is 0. The van der Waals surface area contributed by atoms with Crippen LogP contribution in [0.25, 0.3) is 199 Å². The molecule has 106 heavy (non-hydrogen) atoms. The molecule has 0 aliphatic heterocycles. The Kier molecular flexibility index (Phi) is 9.58. The summed E-state index contributed by atoms with van der Waals surface area (Å²) in [5.74, 6) is -0.815. The normalized spacial score (nSPS) is 15.3. The van der Waals surface area contributed by atoms with Crippen LogP contribution in [0.15, 0.2) is 375 Å². The maximum atomic E-state index is 9.77.